The predicted molar refractivity (Wildman–Crippen MR) is 90.4 cm³/mol. The van der Waals surface area contributed by atoms with Crippen molar-refractivity contribution in [2.45, 2.75) is 70.8 Å². The Hall–Kier alpha value is -1.15. The van der Waals surface area contributed by atoms with Gasteiger partial charge in [0.2, 0.25) is 0 Å². The quantitative estimate of drug-likeness (QED) is 0.737. The summed E-state index contributed by atoms with van der Waals surface area (Å²) in [6, 6.07) is 6.77. The van der Waals surface area contributed by atoms with E-state index in [0.717, 1.165) is 13.0 Å². The minimum absolute atomic E-state index is 0.546. The molecule has 2 rings (SSSR count). The molecule has 0 aliphatic heterocycles. The van der Waals surface area contributed by atoms with E-state index in [0.29, 0.717) is 6.04 Å². The largest absolute Gasteiger partial charge is 0.310 e. The Balaban J connectivity index is 1.95. The summed E-state index contributed by atoms with van der Waals surface area (Å²) in [6.45, 7) is 3.36. The van der Waals surface area contributed by atoms with Crippen molar-refractivity contribution in [3.63, 3.8) is 0 Å². The minimum Gasteiger partial charge on any atom is -0.310 e. The molecule has 1 aromatic heterocycles. The van der Waals surface area contributed by atoms with E-state index in [2.05, 4.69) is 35.4 Å². The normalized spacial score (nSPS) is 20.1. The molecule has 0 saturated carbocycles. The van der Waals surface area contributed by atoms with Gasteiger partial charge in [-0.2, -0.15) is 0 Å². The molecule has 116 valence electrons. The van der Waals surface area contributed by atoms with E-state index in [9.17, 15) is 0 Å². The van der Waals surface area contributed by atoms with Crippen molar-refractivity contribution >= 4 is 0 Å². The van der Waals surface area contributed by atoms with Crippen LogP contribution in [0.5, 0.6) is 0 Å². The number of nitrogens with zero attached hydrogens (tertiary/aromatic N) is 1. The first-order valence-corrected chi connectivity index (χ1v) is 8.72. The summed E-state index contributed by atoms with van der Waals surface area (Å²) in [5, 5.41) is 3.76. The fraction of sp³-hybridized carbons (Fsp3) is 0.632. The van der Waals surface area contributed by atoms with Crippen LogP contribution in [0, 0.1) is 0 Å². The topological polar surface area (TPSA) is 24.9 Å². The van der Waals surface area contributed by atoms with Gasteiger partial charge in [0.1, 0.15) is 0 Å². The van der Waals surface area contributed by atoms with Gasteiger partial charge in [-0.25, -0.2) is 0 Å². The van der Waals surface area contributed by atoms with Gasteiger partial charge in [-0.05, 0) is 63.6 Å². The fourth-order valence-corrected chi connectivity index (χ4v) is 3.11. The summed E-state index contributed by atoms with van der Waals surface area (Å²) in [4.78, 5) is 4.46. The lowest BCUT2D eigenvalue weighted by atomic mass is 9.92. The Bertz CT molecular complexity index is 411. The molecule has 1 unspecified atom stereocenters. The van der Waals surface area contributed by atoms with Crippen molar-refractivity contribution in [3.05, 3.63) is 41.7 Å². The molecule has 2 nitrogen and oxygen atoms in total. The van der Waals surface area contributed by atoms with E-state index >= 15 is 0 Å². The molecule has 1 aromatic rings. The molecule has 1 atom stereocenters. The standard InChI is InChI=1S/C19H30N2/c1-2-15-21-19(14-13-18-12-8-9-16-20-18)17-10-6-4-3-5-7-11-17/h8-10,12,16,19,21H,2-7,11,13-15H2,1H3/b17-10+. The number of rotatable bonds is 7. The van der Waals surface area contributed by atoms with Crippen molar-refractivity contribution in [2.24, 2.45) is 0 Å². The smallest absolute Gasteiger partial charge is 0.0404 e. The third-order valence-corrected chi connectivity index (χ3v) is 4.33. The fourth-order valence-electron chi connectivity index (χ4n) is 3.11. The van der Waals surface area contributed by atoms with E-state index in [1.54, 1.807) is 5.57 Å². The van der Waals surface area contributed by atoms with E-state index < -0.39 is 0 Å². The van der Waals surface area contributed by atoms with Gasteiger partial charge in [0.25, 0.3) is 0 Å². The summed E-state index contributed by atoms with van der Waals surface area (Å²) in [6.07, 6.45) is 15.9. The monoisotopic (exact) mass is 286 g/mol. The van der Waals surface area contributed by atoms with Gasteiger partial charge in [0.15, 0.2) is 0 Å². The molecular formula is C19H30N2. The molecule has 1 aliphatic carbocycles. The zero-order chi connectivity index (χ0) is 14.8. The van der Waals surface area contributed by atoms with Crippen molar-refractivity contribution in [3.8, 4) is 0 Å². The van der Waals surface area contributed by atoms with Crippen LogP contribution in [0.2, 0.25) is 0 Å². The number of aryl methyl sites for hydroxylation is 1. The molecule has 0 aromatic carbocycles. The second-order valence-corrected chi connectivity index (χ2v) is 6.10. The third kappa shape index (κ3) is 6.01. The van der Waals surface area contributed by atoms with Crippen LogP contribution in [0.1, 0.15) is 64.0 Å². The lowest BCUT2D eigenvalue weighted by molar-refractivity contribution is 0.499. The maximum absolute atomic E-state index is 4.46. The van der Waals surface area contributed by atoms with Gasteiger partial charge in [-0.3, -0.25) is 4.98 Å². The Morgan fingerprint density at radius 3 is 2.90 bits per heavy atom. The number of hydrogen-bond acceptors (Lipinski definition) is 2. The molecule has 0 bridgehead atoms. The third-order valence-electron chi connectivity index (χ3n) is 4.33. The molecule has 0 radical (unpaired) electrons. The molecular weight excluding hydrogens is 256 g/mol. The van der Waals surface area contributed by atoms with Crippen LogP contribution in [0.15, 0.2) is 36.0 Å². The first kappa shape index (κ1) is 16.2. The highest BCUT2D eigenvalue weighted by atomic mass is 14.9. The molecule has 0 spiro atoms. The zero-order valence-corrected chi connectivity index (χ0v) is 13.5. The van der Waals surface area contributed by atoms with E-state index in [1.165, 1.54) is 57.1 Å². The van der Waals surface area contributed by atoms with Gasteiger partial charge in [0, 0.05) is 17.9 Å². The Morgan fingerprint density at radius 1 is 1.19 bits per heavy atom. The molecule has 1 heterocycles. The summed E-state index contributed by atoms with van der Waals surface area (Å²) in [7, 11) is 0. The second-order valence-electron chi connectivity index (χ2n) is 6.10. The molecule has 0 saturated heterocycles. The highest BCUT2D eigenvalue weighted by molar-refractivity contribution is 5.13. The number of allylic oxidation sites excluding steroid dienone is 1. The Kier molecular flexibility index (Phi) is 7.51. The average molecular weight is 286 g/mol. The van der Waals surface area contributed by atoms with Crippen LogP contribution in [-0.4, -0.2) is 17.6 Å². The molecule has 0 amide bonds. The van der Waals surface area contributed by atoms with Crippen molar-refractivity contribution in [1.29, 1.82) is 0 Å². The number of nitrogens with one attached hydrogen (secondary N) is 1. The maximum Gasteiger partial charge on any atom is 0.0404 e. The summed E-state index contributed by atoms with van der Waals surface area (Å²) in [5.41, 5.74) is 2.87. The van der Waals surface area contributed by atoms with Gasteiger partial charge in [-0.15, -0.1) is 0 Å². The first-order valence-electron chi connectivity index (χ1n) is 8.72. The van der Waals surface area contributed by atoms with Crippen molar-refractivity contribution in [1.82, 2.24) is 10.3 Å². The predicted octanol–water partition coefficient (Wildman–Crippen LogP) is 4.66. The Morgan fingerprint density at radius 2 is 2.10 bits per heavy atom. The lowest BCUT2D eigenvalue weighted by Crippen LogP contribution is -2.32. The van der Waals surface area contributed by atoms with Gasteiger partial charge in [-0.1, -0.05) is 37.5 Å². The summed E-state index contributed by atoms with van der Waals surface area (Å²) >= 11 is 0. The summed E-state index contributed by atoms with van der Waals surface area (Å²) < 4.78 is 0. The molecule has 0 fully saturated rings. The molecule has 1 aliphatic rings. The zero-order valence-electron chi connectivity index (χ0n) is 13.5. The Labute approximate surface area is 130 Å². The molecule has 1 N–H and O–H groups in total. The van der Waals surface area contributed by atoms with Gasteiger partial charge < -0.3 is 5.32 Å². The minimum atomic E-state index is 0.546. The average Bonchev–Trinajstić information content (AvgIpc) is 2.49. The lowest BCUT2D eigenvalue weighted by Gasteiger charge is -2.23. The molecule has 2 heteroatoms. The van der Waals surface area contributed by atoms with Crippen LogP contribution in [0.4, 0.5) is 0 Å². The van der Waals surface area contributed by atoms with E-state index in [4.69, 9.17) is 0 Å². The molecule has 21 heavy (non-hydrogen) atoms. The highest BCUT2D eigenvalue weighted by Gasteiger charge is 2.14. The first-order chi connectivity index (χ1) is 10.4. The van der Waals surface area contributed by atoms with Crippen LogP contribution in [0.25, 0.3) is 0 Å². The van der Waals surface area contributed by atoms with Crippen molar-refractivity contribution < 1.29 is 0 Å². The van der Waals surface area contributed by atoms with Crippen molar-refractivity contribution in [2.75, 3.05) is 6.54 Å². The SMILES string of the molecule is CCCNC(CCc1ccccn1)/C1=C/CCCCCC1. The number of pyridine rings is 1. The van der Waals surface area contributed by atoms with Crippen LogP contribution >= 0.6 is 0 Å². The highest BCUT2D eigenvalue weighted by Crippen LogP contribution is 2.22. The van der Waals surface area contributed by atoms with Crippen LogP contribution in [-0.2, 0) is 6.42 Å². The second kappa shape index (κ2) is 9.73. The number of aromatic nitrogens is 1. The van der Waals surface area contributed by atoms with Crippen LogP contribution < -0.4 is 5.32 Å². The van der Waals surface area contributed by atoms with E-state index in [1.807, 2.05) is 12.3 Å². The van der Waals surface area contributed by atoms with Gasteiger partial charge in [0.05, 0.1) is 0 Å². The van der Waals surface area contributed by atoms with E-state index in [-0.39, 0.29) is 0 Å². The maximum atomic E-state index is 4.46. The summed E-state index contributed by atoms with van der Waals surface area (Å²) in [5.74, 6) is 0. The van der Waals surface area contributed by atoms with Gasteiger partial charge >= 0.3 is 0 Å². The number of hydrogen-bond donors (Lipinski definition) is 1. The van der Waals surface area contributed by atoms with Crippen LogP contribution in [0.3, 0.4) is 0 Å².